The Hall–Kier alpha value is -1.88. The summed E-state index contributed by atoms with van der Waals surface area (Å²) in [6.07, 6.45) is 7.00. The summed E-state index contributed by atoms with van der Waals surface area (Å²) < 4.78 is 0. The summed E-state index contributed by atoms with van der Waals surface area (Å²) in [4.78, 5) is 23.8. The number of carbonyl (C=O) groups is 2. The van der Waals surface area contributed by atoms with E-state index in [0.717, 1.165) is 5.56 Å². The van der Waals surface area contributed by atoms with Crippen LogP contribution in [0.4, 0.5) is 0 Å². The largest absolute Gasteiger partial charge is 0.354 e. The van der Waals surface area contributed by atoms with E-state index in [1.165, 1.54) is 32.1 Å². The van der Waals surface area contributed by atoms with E-state index in [2.05, 4.69) is 10.6 Å². The maximum absolute atomic E-state index is 11.9. The standard InChI is InChI=1S/C19H29N3O2/c20-17(16-9-5-2-6-10-16)14-19(24)22-12-11-21-18(23)13-15-7-3-1-4-8-15/h2,5-6,9-10,15,17H,1,3-4,7-8,11-14,20H2,(H,21,23)(H,22,24). The van der Waals surface area contributed by atoms with Crippen molar-refractivity contribution in [1.29, 1.82) is 0 Å². The normalized spacial score (nSPS) is 16.4. The highest BCUT2D eigenvalue weighted by Gasteiger charge is 2.16. The summed E-state index contributed by atoms with van der Waals surface area (Å²) in [6, 6.07) is 9.29. The van der Waals surface area contributed by atoms with Gasteiger partial charge < -0.3 is 16.4 Å². The lowest BCUT2D eigenvalue weighted by atomic mass is 9.87. The van der Waals surface area contributed by atoms with E-state index in [1.54, 1.807) is 0 Å². The minimum atomic E-state index is -0.299. The molecule has 132 valence electrons. The van der Waals surface area contributed by atoms with E-state index in [4.69, 9.17) is 5.73 Å². The zero-order valence-electron chi connectivity index (χ0n) is 14.3. The van der Waals surface area contributed by atoms with Crippen LogP contribution in [-0.2, 0) is 9.59 Å². The van der Waals surface area contributed by atoms with E-state index in [-0.39, 0.29) is 24.3 Å². The molecule has 4 N–H and O–H groups in total. The molecule has 1 atom stereocenters. The minimum Gasteiger partial charge on any atom is -0.354 e. The van der Waals surface area contributed by atoms with E-state index < -0.39 is 0 Å². The Bertz CT molecular complexity index is 513. The SMILES string of the molecule is NC(CC(=O)NCCNC(=O)CC1CCCCC1)c1ccccc1. The fourth-order valence-electron chi connectivity index (χ4n) is 3.22. The number of carbonyl (C=O) groups excluding carboxylic acids is 2. The van der Waals surface area contributed by atoms with Gasteiger partial charge in [-0.3, -0.25) is 9.59 Å². The molecule has 5 nitrogen and oxygen atoms in total. The quantitative estimate of drug-likeness (QED) is 0.639. The summed E-state index contributed by atoms with van der Waals surface area (Å²) >= 11 is 0. The molecule has 1 aromatic rings. The van der Waals surface area contributed by atoms with Gasteiger partial charge in [0.15, 0.2) is 0 Å². The average Bonchev–Trinajstić information content (AvgIpc) is 2.60. The molecule has 0 saturated heterocycles. The number of benzene rings is 1. The van der Waals surface area contributed by atoms with Gasteiger partial charge >= 0.3 is 0 Å². The van der Waals surface area contributed by atoms with Gasteiger partial charge in [-0.15, -0.1) is 0 Å². The lowest BCUT2D eigenvalue weighted by molar-refractivity contribution is -0.123. The molecule has 1 aliphatic carbocycles. The van der Waals surface area contributed by atoms with Crippen LogP contribution >= 0.6 is 0 Å². The van der Waals surface area contributed by atoms with E-state index in [9.17, 15) is 9.59 Å². The summed E-state index contributed by atoms with van der Waals surface area (Å²) in [5.74, 6) is 0.544. The van der Waals surface area contributed by atoms with Crippen molar-refractivity contribution in [3.63, 3.8) is 0 Å². The predicted octanol–water partition coefficient (Wildman–Crippen LogP) is 2.28. The molecule has 0 radical (unpaired) electrons. The number of hydrogen-bond acceptors (Lipinski definition) is 3. The van der Waals surface area contributed by atoms with Crippen LogP contribution < -0.4 is 16.4 Å². The van der Waals surface area contributed by atoms with Crippen LogP contribution in [0.3, 0.4) is 0 Å². The van der Waals surface area contributed by atoms with Crippen molar-refractivity contribution in [2.75, 3.05) is 13.1 Å². The van der Waals surface area contributed by atoms with Crippen LogP contribution in [0, 0.1) is 5.92 Å². The number of amides is 2. The molecule has 0 heterocycles. The second kappa shape index (κ2) is 10.1. The van der Waals surface area contributed by atoms with Crippen molar-refractivity contribution in [2.24, 2.45) is 11.7 Å². The van der Waals surface area contributed by atoms with E-state index >= 15 is 0 Å². The number of rotatable bonds is 8. The maximum Gasteiger partial charge on any atom is 0.221 e. The van der Waals surface area contributed by atoms with E-state index in [1.807, 2.05) is 30.3 Å². The van der Waals surface area contributed by atoms with Crippen molar-refractivity contribution in [3.05, 3.63) is 35.9 Å². The molecule has 24 heavy (non-hydrogen) atoms. The first kappa shape index (κ1) is 18.5. The molecule has 2 amide bonds. The zero-order chi connectivity index (χ0) is 17.2. The van der Waals surface area contributed by atoms with Crippen molar-refractivity contribution in [1.82, 2.24) is 10.6 Å². The van der Waals surface area contributed by atoms with Gasteiger partial charge in [0.2, 0.25) is 11.8 Å². The lowest BCUT2D eigenvalue weighted by Crippen LogP contribution is -2.36. The van der Waals surface area contributed by atoms with Crippen molar-refractivity contribution in [3.8, 4) is 0 Å². The van der Waals surface area contributed by atoms with E-state index in [0.29, 0.717) is 25.4 Å². The Kier molecular flexibility index (Phi) is 7.75. The summed E-state index contributed by atoms with van der Waals surface area (Å²) in [5, 5.41) is 5.69. The van der Waals surface area contributed by atoms with Gasteiger partial charge in [-0.1, -0.05) is 49.6 Å². The summed E-state index contributed by atoms with van der Waals surface area (Å²) in [7, 11) is 0. The van der Waals surface area contributed by atoms with Gasteiger partial charge in [-0.2, -0.15) is 0 Å². The number of nitrogens with one attached hydrogen (secondary N) is 2. The Morgan fingerprint density at radius 3 is 2.29 bits per heavy atom. The monoisotopic (exact) mass is 331 g/mol. The molecule has 0 spiro atoms. The fraction of sp³-hybridized carbons (Fsp3) is 0.579. The molecule has 1 aliphatic rings. The average molecular weight is 331 g/mol. The highest BCUT2D eigenvalue weighted by atomic mass is 16.2. The molecule has 5 heteroatoms. The molecule has 1 saturated carbocycles. The summed E-state index contributed by atoms with van der Waals surface area (Å²) in [6.45, 7) is 0.911. The van der Waals surface area contributed by atoms with Gasteiger partial charge in [0.25, 0.3) is 0 Å². The van der Waals surface area contributed by atoms with Crippen LogP contribution in [0.1, 0.15) is 56.6 Å². The minimum absolute atomic E-state index is 0.0899. The zero-order valence-corrected chi connectivity index (χ0v) is 14.3. The molecule has 0 aliphatic heterocycles. The fourth-order valence-corrected chi connectivity index (χ4v) is 3.22. The van der Waals surface area contributed by atoms with Crippen LogP contribution in [0.25, 0.3) is 0 Å². The topological polar surface area (TPSA) is 84.2 Å². The predicted molar refractivity (Wildman–Crippen MR) is 95.2 cm³/mol. The molecule has 0 aromatic heterocycles. The Morgan fingerprint density at radius 1 is 1.00 bits per heavy atom. The Labute approximate surface area is 144 Å². The van der Waals surface area contributed by atoms with Gasteiger partial charge in [0.1, 0.15) is 0 Å². The van der Waals surface area contributed by atoms with Gasteiger partial charge in [-0.25, -0.2) is 0 Å². The van der Waals surface area contributed by atoms with Gasteiger partial charge in [0.05, 0.1) is 0 Å². The first-order chi connectivity index (χ1) is 11.6. The van der Waals surface area contributed by atoms with Gasteiger partial charge in [-0.05, 0) is 24.3 Å². The van der Waals surface area contributed by atoms with Crippen LogP contribution in [0.2, 0.25) is 0 Å². The highest BCUT2D eigenvalue weighted by Crippen LogP contribution is 2.25. The lowest BCUT2D eigenvalue weighted by Gasteiger charge is -2.20. The Balaban J connectivity index is 1.56. The van der Waals surface area contributed by atoms with Crippen LogP contribution in [-0.4, -0.2) is 24.9 Å². The second-order valence-electron chi connectivity index (χ2n) is 6.63. The first-order valence-electron chi connectivity index (χ1n) is 8.99. The molecule has 2 rings (SSSR count). The first-order valence-corrected chi connectivity index (χ1v) is 8.99. The maximum atomic E-state index is 11.9. The third kappa shape index (κ3) is 6.71. The second-order valence-corrected chi connectivity index (χ2v) is 6.63. The smallest absolute Gasteiger partial charge is 0.221 e. The Morgan fingerprint density at radius 2 is 1.62 bits per heavy atom. The molecule has 0 bridgehead atoms. The number of nitrogens with two attached hydrogens (primary N) is 1. The third-order valence-electron chi connectivity index (χ3n) is 4.60. The van der Waals surface area contributed by atoms with Crippen molar-refractivity contribution >= 4 is 11.8 Å². The number of hydrogen-bond donors (Lipinski definition) is 3. The molecule has 1 unspecified atom stereocenters. The van der Waals surface area contributed by atoms with Crippen LogP contribution in [0.15, 0.2) is 30.3 Å². The van der Waals surface area contributed by atoms with Crippen molar-refractivity contribution in [2.45, 2.75) is 51.0 Å². The van der Waals surface area contributed by atoms with Crippen molar-refractivity contribution < 1.29 is 9.59 Å². The molecule has 1 fully saturated rings. The highest BCUT2D eigenvalue weighted by molar-refractivity contribution is 5.77. The molecular weight excluding hydrogens is 302 g/mol. The van der Waals surface area contributed by atoms with Gasteiger partial charge in [0, 0.05) is 32.0 Å². The third-order valence-corrected chi connectivity index (χ3v) is 4.60. The molecular formula is C19H29N3O2. The summed E-state index contributed by atoms with van der Waals surface area (Å²) in [5.41, 5.74) is 6.97. The van der Waals surface area contributed by atoms with Crippen LogP contribution in [0.5, 0.6) is 0 Å². The molecule has 1 aromatic carbocycles.